The summed E-state index contributed by atoms with van der Waals surface area (Å²) < 4.78 is 12.5. The fourth-order valence-corrected chi connectivity index (χ4v) is 0.895. The predicted octanol–water partition coefficient (Wildman–Crippen LogP) is 1.80. The zero-order chi connectivity index (χ0) is 9.19. The Kier molecular flexibility index (Phi) is 2.43. The molecule has 1 aromatic rings. The van der Waals surface area contributed by atoms with E-state index in [-0.39, 0.29) is 5.82 Å². The van der Waals surface area contributed by atoms with Crippen LogP contribution in [0.2, 0.25) is 0 Å². The minimum Gasteiger partial charge on any atom is -0.320 e. The Bertz CT molecular complexity index is 254. The van der Waals surface area contributed by atoms with E-state index >= 15 is 0 Å². The molecule has 2 nitrogen and oxygen atoms in total. The van der Waals surface area contributed by atoms with Crippen molar-refractivity contribution < 1.29 is 4.39 Å². The van der Waals surface area contributed by atoms with Gasteiger partial charge in [0.05, 0.1) is 17.4 Å². The van der Waals surface area contributed by atoms with Crippen molar-refractivity contribution in [3.05, 3.63) is 29.8 Å². The van der Waals surface area contributed by atoms with E-state index in [1.807, 2.05) is 13.8 Å². The van der Waals surface area contributed by atoms with Crippen LogP contribution in [0.25, 0.3) is 0 Å². The minimum atomic E-state index is -0.451. The number of pyridine rings is 1. The number of nitrogens with two attached hydrogens (primary N) is 1. The van der Waals surface area contributed by atoms with Crippen LogP contribution < -0.4 is 5.73 Å². The number of rotatable bonds is 2. The van der Waals surface area contributed by atoms with Gasteiger partial charge in [0, 0.05) is 0 Å². The third-order valence-corrected chi connectivity index (χ3v) is 2.05. The third kappa shape index (κ3) is 1.80. The minimum absolute atomic E-state index is 0.328. The summed E-state index contributed by atoms with van der Waals surface area (Å²) in [5, 5.41) is 0. The van der Waals surface area contributed by atoms with Crippen molar-refractivity contribution in [2.24, 2.45) is 5.73 Å². The van der Waals surface area contributed by atoms with Crippen LogP contribution in [0.1, 0.15) is 26.0 Å². The molecule has 0 spiro atoms. The Morgan fingerprint density at radius 2 is 2.25 bits per heavy atom. The molecule has 1 rings (SSSR count). The van der Waals surface area contributed by atoms with Crippen molar-refractivity contribution in [2.75, 3.05) is 0 Å². The molecule has 0 fully saturated rings. The van der Waals surface area contributed by atoms with Crippen molar-refractivity contribution in [1.29, 1.82) is 0 Å². The first kappa shape index (κ1) is 9.13. The number of nitrogens with zero attached hydrogens (tertiary/aromatic N) is 1. The van der Waals surface area contributed by atoms with Gasteiger partial charge in [0.25, 0.3) is 0 Å². The average Bonchev–Trinajstić information content (AvgIpc) is 2.05. The number of hydrogen-bond acceptors (Lipinski definition) is 2. The summed E-state index contributed by atoms with van der Waals surface area (Å²) in [6, 6.07) is 3.00. The van der Waals surface area contributed by atoms with E-state index in [1.54, 1.807) is 6.07 Å². The molecule has 1 atom stereocenters. The summed E-state index contributed by atoms with van der Waals surface area (Å²) >= 11 is 0. The molecule has 66 valence electrons. The smallest absolute Gasteiger partial charge is 0.141 e. The standard InChI is InChI=1S/C9H13FN2/c1-3-9(2,11)8-5-4-7(10)6-12-8/h4-6H,3,11H2,1-2H3. The van der Waals surface area contributed by atoms with Crippen LogP contribution in [0, 0.1) is 5.82 Å². The van der Waals surface area contributed by atoms with Crippen molar-refractivity contribution in [1.82, 2.24) is 4.98 Å². The van der Waals surface area contributed by atoms with Gasteiger partial charge in [0.15, 0.2) is 0 Å². The fraction of sp³-hybridized carbons (Fsp3) is 0.444. The number of hydrogen-bond donors (Lipinski definition) is 1. The van der Waals surface area contributed by atoms with Gasteiger partial charge in [0.1, 0.15) is 5.82 Å². The molecule has 1 heterocycles. The maximum Gasteiger partial charge on any atom is 0.141 e. The first-order valence-electron chi connectivity index (χ1n) is 3.97. The highest BCUT2D eigenvalue weighted by Gasteiger charge is 2.19. The van der Waals surface area contributed by atoms with Crippen LogP contribution in [0.4, 0.5) is 4.39 Å². The summed E-state index contributed by atoms with van der Waals surface area (Å²) in [7, 11) is 0. The second-order valence-electron chi connectivity index (χ2n) is 3.13. The van der Waals surface area contributed by atoms with Crippen molar-refractivity contribution >= 4 is 0 Å². The van der Waals surface area contributed by atoms with Crippen LogP contribution >= 0.6 is 0 Å². The summed E-state index contributed by atoms with van der Waals surface area (Å²) in [4.78, 5) is 3.92. The van der Waals surface area contributed by atoms with Crippen molar-refractivity contribution in [3.8, 4) is 0 Å². The number of halogens is 1. The highest BCUT2D eigenvalue weighted by Crippen LogP contribution is 2.18. The zero-order valence-corrected chi connectivity index (χ0v) is 7.34. The number of aromatic nitrogens is 1. The van der Waals surface area contributed by atoms with E-state index in [4.69, 9.17) is 5.73 Å². The largest absolute Gasteiger partial charge is 0.320 e. The molecular formula is C9H13FN2. The van der Waals surface area contributed by atoms with E-state index in [1.165, 1.54) is 12.3 Å². The van der Waals surface area contributed by atoms with E-state index in [0.717, 1.165) is 12.1 Å². The molecule has 0 aliphatic carbocycles. The monoisotopic (exact) mass is 168 g/mol. The molecule has 2 N–H and O–H groups in total. The molecule has 0 aliphatic rings. The van der Waals surface area contributed by atoms with Gasteiger partial charge in [-0.05, 0) is 25.5 Å². The third-order valence-electron chi connectivity index (χ3n) is 2.05. The SMILES string of the molecule is CCC(C)(N)c1ccc(F)cn1. The average molecular weight is 168 g/mol. The molecule has 0 radical (unpaired) electrons. The molecule has 1 aromatic heterocycles. The Morgan fingerprint density at radius 3 is 2.67 bits per heavy atom. The van der Waals surface area contributed by atoms with E-state index < -0.39 is 5.54 Å². The molecule has 0 aromatic carbocycles. The lowest BCUT2D eigenvalue weighted by Crippen LogP contribution is -2.32. The molecule has 3 heteroatoms. The van der Waals surface area contributed by atoms with Crippen LogP contribution in [0.5, 0.6) is 0 Å². The lowest BCUT2D eigenvalue weighted by molar-refractivity contribution is 0.459. The van der Waals surface area contributed by atoms with Crippen molar-refractivity contribution in [2.45, 2.75) is 25.8 Å². The van der Waals surface area contributed by atoms with Gasteiger partial charge in [-0.1, -0.05) is 6.92 Å². The Labute approximate surface area is 71.6 Å². The first-order valence-corrected chi connectivity index (χ1v) is 3.97. The van der Waals surface area contributed by atoms with Crippen LogP contribution in [-0.2, 0) is 5.54 Å². The Balaban J connectivity index is 2.96. The predicted molar refractivity (Wildman–Crippen MR) is 46.0 cm³/mol. The van der Waals surface area contributed by atoms with Crippen LogP contribution in [-0.4, -0.2) is 4.98 Å². The van der Waals surface area contributed by atoms with Gasteiger partial charge in [-0.3, -0.25) is 4.98 Å². The maximum absolute atomic E-state index is 12.5. The van der Waals surface area contributed by atoms with Gasteiger partial charge in [-0.15, -0.1) is 0 Å². The molecule has 0 bridgehead atoms. The quantitative estimate of drug-likeness (QED) is 0.731. The maximum atomic E-state index is 12.5. The lowest BCUT2D eigenvalue weighted by atomic mass is 9.95. The van der Waals surface area contributed by atoms with E-state index in [0.29, 0.717) is 0 Å². The van der Waals surface area contributed by atoms with Gasteiger partial charge in [-0.25, -0.2) is 4.39 Å². The van der Waals surface area contributed by atoms with Gasteiger partial charge >= 0.3 is 0 Å². The second-order valence-corrected chi connectivity index (χ2v) is 3.13. The topological polar surface area (TPSA) is 38.9 Å². The summed E-state index contributed by atoms with van der Waals surface area (Å²) in [6.45, 7) is 3.86. The highest BCUT2D eigenvalue weighted by molar-refractivity contribution is 5.13. The molecule has 0 aliphatic heterocycles. The zero-order valence-electron chi connectivity index (χ0n) is 7.34. The van der Waals surface area contributed by atoms with Crippen LogP contribution in [0.15, 0.2) is 18.3 Å². The Morgan fingerprint density at radius 1 is 1.58 bits per heavy atom. The summed E-state index contributed by atoms with van der Waals surface area (Å²) in [5.74, 6) is -0.328. The van der Waals surface area contributed by atoms with E-state index in [9.17, 15) is 4.39 Å². The van der Waals surface area contributed by atoms with Gasteiger partial charge in [0.2, 0.25) is 0 Å². The van der Waals surface area contributed by atoms with Crippen LogP contribution in [0.3, 0.4) is 0 Å². The normalized spacial score (nSPS) is 15.7. The lowest BCUT2D eigenvalue weighted by Gasteiger charge is -2.21. The van der Waals surface area contributed by atoms with Gasteiger partial charge in [-0.2, -0.15) is 0 Å². The molecule has 12 heavy (non-hydrogen) atoms. The Hall–Kier alpha value is -0.960. The molecule has 1 unspecified atom stereocenters. The second kappa shape index (κ2) is 3.19. The molecule has 0 amide bonds. The molecule has 0 saturated carbocycles. The fourth-order valence-electron chi connectivity index (χ4n) is 0.895. The van der Waals surface area contributed by atoms with Gasteiger partial charge < -0.3 is 5.73 Å². The molecular weight excluding hydrogens is 155 g/mol. The summed E-state index contributed by atoms with van der Waals surface area (Å²) in [6.07, 6.45) is 1.97. The summed E-state index contributed by atoms with van der Waals surface area (Å²) in [5.41, 5.74) is 6.18. The van der Waals surface area contributed by atoms with Crippen molar-refractivity contribution in [3.63, 3.8) is 0 Å². The molecule has 0 saturated heterocycles. The highest BCUT2D eigenvalue weighted by atomic mass is 19.1. The first-order chi connectivity index (χ1) is 5.56. The van der Waals surface area contributed by atoms with E-state index in [2.05, 4.69) is 4.98 Å².